The van der Waals surface area contributed by atoms with Crippen molar-refractivity contribution in [2.24, 2.45) is 5.16 Å². The average molecular weight is 294 g/mol. The molecule has 8 heteroatoms. The van der Waals surface area contributed by atoms with Crippen LogP contribution in [-0.4, -0.2) is 39.0 Å². The number of oxime groups is 1. The Labute approximate surface area is 119 Å². The summed E-state index contributed by atoms with van der Waals surface area (Å²) >= 11 is 0. The van der Waals surface area contributed by atoms with E-state index in [1.54, 1.807) is 0 Å². The van der Waals surface area contributed by atoms with Crippen molar-refractivity contribution in [1.82, 2.24) is 0 Å². The molecule has 0 unspecified atom stereocenters. The third-order valence-corrected chi connectivity index (χ3v) is 2.51. The molecule has 0 fully saturated rings. The van der Waals surface area contributed by atoms with E-state index < -0.39 is 24.3 Å². The van der Waals surface area contributed by atoms with Crippen LogP contribution in [0.4, 0.5) is 5.69 Å². The lowest BCUT2D eigenvalue weighted by Crippen LogP contribution is -2.16. The maximum Gasteiger partial charge on any atom is 0.312 e. The SMILES string of the molecule is O=C(O)CC/C(=N\O)c1ccc(NC(=O)CC(=O)O)cc1. The molecule has 1 rings (SSSR count). The van der Waals surface area contributed by atoms with Gasteiger partial charge in [-0.1, -0.05) is 17.3 Å². The summed E-state index contributed by atoms with van der Waals surface area (Å²) < 4.78 is 0. The number of hydrogen-bond acceptors (Lipinski definition) is 5. The Bertz CT molecular complexity index is 565. The summed E-state index contributed by atoms with van der Waals surface area (Å²) in [5, 5.41) is 31.4. The van der Waals surface area contributed by atoms with E-state index >= 15 is 0 Å². The fraction of sp³-hybridized carbons (Fsp3) is 0.231. The van der Waals surface area contributed by atoms with Crippen molar-refractivity contribution in [1.29, 1.82) is 0 Å². The van der Waals surface area contributed by atoms with Gasteiger partial charge in [0, 0.05) is 12.1 Å². The Balaban J connectivity index is 2.70. The van der Waals surface area contributed by atoms with Gasteiger partial charge in [-0.05, 0) is 17.7 Å². The van der Waals surface area contributed by atoms with Crippen LogP contribution in [-0.2, 0) is 14.4 Å². The summed E-state index contributed by atoms with van der Waals surface area (Å²) in [6.45, 7) is 0. The Morgan fingerprint density at radius 2 is 1.62 bits per heavy atom. The van der Waals surface area contributed by atoms with Gasteiger partial charge in [-0.2, -0.15) is 0 Å². The molecule has 0 spiro atoms. The number of nitrogens with zero attached hydrogens (tertiary/aromatic N) is 1. The van der Waals surface area contributed by atoms with Crippen molar-refractivity contribution in [3.05, 3.63) is 29.8 Å². The molecule has 1 aromatic carbocycles. The standard InChI is InChI=1S/C13H14N2O6/c16-11(7-13(19)20)14-9-3-1-8(2-4-9)10(15-21)5-6-12(17)18/h1-4,21H,5-7H2,(H,14,16)(H,17,18)(H,19,20)/b15-10+. The highest BCUT2D eigenvalue weighted by Crippen LogP contribution is 2.13. The van der Waals surface area contributed by atoms with E-state index in [2.05, 4.69) is 10.5 Å². The fourth-order valence-electron chi connectivity index (χ4n) is 1.57. The van der Waals surface area contributed by atoms with E-state index in [1.807, 2.05) is 0 Å². The van der Waals surface area contributed by atoms with Gasteiger partial charge in [0.1, 0.15) is 6.42 Å². The number of anilines is 1. The van der Waals surface area contributed by atoms with Crippen LogP contribution < -0.4 is 5.32 Å². The molecule has 0 aliphatic rings. The molecule has 8 nitrogen and oxygen atoms in total. The quantitative estimate of drug-likeness (QED) is 0.257. The second-order valence-electron chi connectivity index (χ2n) is 4.14. The minimum Gasteiger partial charge on any atom is -0.481 e. The molecule has 4 N–H and O–H groups in total. The van der Waals surface area contributed by atoms with Crippen molar-refractivity contribution in [3.8, 4) is 0 Å². The first kappa shape index (κ1) is 16.2. The molecule has 0 atom stereocenters. The number of carboxylic acid groups (broad SMARTS) is 2. The second kappa shape index (κ2) is 7.63. The highest BCUT2D eigenvalue weighted by Gasteiger charge is 2.10. The summed E-state index contributed by atoms with van der Waals surface area (Å²) in [6, 6.07) is 6.07. The molecule has 0 saturated heterocycles. The van der Waals surface area contributed by atoms with Gasteiger partial charge >= 0.3 is 11.9 Å². The molecule has 0 aliphatic heterocycles. The van der Waals surface area contributed by atoms with Crippen molar-refractivity contribution in [3.63, 3.8) is 0 Å². The normalized spacial score (nSPS) is 11.0. The zero-order valence-electron chi connectivity index (χ0n) is 10.9. The molecule has 0 aromatic heterocycles. The van der Waals surface area contributed by atoms with E-state index in [1.165, 1.54) is 24.3 Å². The first-order valence-corrected chi connectivity index (χ1v) is 5.97. The van der Waals surface area contributed by atoms with Crippen LogP contribution in [0, 0.1) is 0 Å². The molecule has 21 heavy (non-hydrogen) atoms. The topological polar surface area (TPSA) is 136 Å². The largest absolute Gasteiger partial charge is 0.481 e. The zero-order chi connectivity index (χ0) is 15.8. The lowest BCUT2D eigenvalue weighted by Gasteiger charge is -2.06. The smallest absolute Gasteiger partial charge is 0.312 e. The van der Waals surface area contributed by atoms with Gasteiger partial charge < -0.3 is 20.7 Å². The van der Waals surface area contributed by atoms with E-state index in [0.29, 0.717) is 11.3 Å². The van der Waals surface area contributed by atoms with Crippen LogP contribution in [0.5, 0.6) is 0 Å². The van der Waals surface area contributed by atoms with Gasteiger partial charge in [-0.3, -0.25) is 14.4 Å². The van der Waals surface area contributed by atoms with E-state index in [4.69, 9.17) is 15.4 Å². The molecule has 112 valence electrons. The minimum absolute atomic E-state index is 0.0660. The number of hydrogen-bond donors (Lipinski definition) is 4. The van der Waals surface area contributed by atoms with Crippen molar-refractivity contribution in [2.45, 2.75) is 19.3 Å². The lowest BCUT2D eigenvalue weighted by molar-refractivity contribution is -0.140. The highest BCUT2D eigenvalue weighted by atomic mass is 16.4. The number of aliphatic carboxylic acids is 2. The van der Waals surface area contributed by atoms with Crippen molar-refractivity contribution in [2.75, 3.05) is 5.32 Å². The van der Waals surface area contributed by atoms with Crippen molar-refractivity contribution >= 4 is 29.2 Å². The van der Waals surface area contributed by atoms with Crippen LogP contribution in [0.2, 0.25) is 0 Å². The summed E-state index contributed by atoms with van der Waals surface area (Å²) in [7, 11) is 0. The minimum atomic E-state index is -1.23. The van der Waals surface area contributed by atoms with E-state index in [0.717, 1.165) is 0 Å². The van der Waals surface area contributed by atoms with Crippen LogP contribution >= 0.6 is 0 Å². The summed E-state index contributed by atoms with van der Waals surface area (Å²) in [4.78, 5) is 32.1. The van der Waals surface area contributed by atoms with E-state index in [9.17, 15) is 14.4 Å². The monoisotopic (exact) mass is 294 g/mol. The maximum atomic E-state index is 11.3. The summed E-state index contributed by atoms with van der Waals surface area (Å²) in [5.41, 5.74) is 1.11. The Hall–Kier alpha value is -2.90. The molecule has 0 aliphatic carbocycles. The maximum absolute atomic E-state index is 11.3. The number of benzene rings is 1. The molecule has 1 aromatic rings. The van der Waals surface area contributed by atoms with Gasteiger partial charge in [0.05, 0.1) is 12.1 Å². The third-order valence-electron chi connectivity index (χ3n) is 2.51. The first-order chi connectivity index (χ1) is 9.92. The van der Waals surface area contributed by atoms with Gasteiger partial charge in [-0.15, -0.1) is 0 Å². The Morgan fingerprint density at radius 1 is 1.00 bits per heavy atom. The van der Waals surface area contributed by atoms with Gasteiger partial charge in [-0.25, -0.2) is 0 Å². The van der Waals surface area contributed by atoms with Gasteiger partial charge in [0.15, 0.2) is 0 Å². The molecular formula is C13H14N2O6. The molecule has 0 bridgehead atoms. The zero-order valence-corrected chi connectivity index (χ0v) is 10.9. The fourth-order valence-corrected chi connectivity index (χ4v) is 1.57. The average Bonchev–Trinajstić information content (AvgIpc) is 2.40. The number of nitrogens with one attached hydrogen (secondary N) is 1. The first-order valence-electron chi connectivity index (χ1n) is 5.97. The predicted octanol–water partition coefficient (Wildman–Crippen LogP) is 1.14. The van der Waals surface area contributed by atoms with E-state index in [-0.39, 0.29) is 18.6 Å². The van der Waals surface area contributed by atoms with Crippen LogP contribution in [0.3, 0.4) is 0 Å². The van der Waals surface area contributed by atoms with Gasteiger partial charge in [0.25, 0.3) is 0 Å². The van der Waals surface area contributed by atoms with Crippen LogP contribution in [0.15, 0.2) is 29.4 Å². The number of carbonyl (C=O) groups is 3. The molecule has 1 amide bonds. The molecule has 0 radical (unpaired) electrons. The molecular weight excluding hydrogens is 280 g/mol. The van der Waals surface area contributed by atoms with Crippen LogP contribution in [0.1, 0.15) is 24.8 Å². The summed E-state index contributed by atoms with van der Waals surface area (Å²) in [6.07, 6.45) is -0.739. The van der Waals surface area contributed by atoms with Crippen molar-refractivity contribution < 1.29 is 29.8 Å². The lowest BCUT2D eigenvalue weighted by atomic mass is 10.1. The second-order valence-corrected chi connectivity index (χ2v) is 4.14. The van der Waals surface area contributed by atoms with Gasteiger partial charge in [0.2, 0.25) is 5.91 Å². The molecule has 0 saturated carbocycles. The Morgan fingerprint density at radius 3 is 2.10 bits per heavy atom. The highest BCUT2D eigenvalue weighted by molar-refractivity contribution is 6.03. The predicted molar refractivity (Wildman–Crippen MR) is 72.5 cm³/mol. The molecule has 0 heterocycles. The number of carboxylic acids is 2. The summed E-state index contributed by atoms with van der Waals surface area (Å²) in [5.74, 6) is -2.89. The number of carbonyl (C=O) groups excluding carboxylic acids is 1. The number of rotatable bonds is 7. The van der Waals surface area contributed by atoms with Crippen LogP contribution in [0.25, 0.3) is 0 Å². The number of amides is 1. The Kier molecular flexibility index (Phi) is 5.87. The third kappa shape index (κ3) is 5.72.